The fourth-order valence-electron chi connectivity index (χ4n) is 2.89. The normalized spacial score (nSPS) is 49.1. The summed E-state index contributed by atoms with van der Waals surface area (Å²) in [5, 5.41) is 11.0. The van der Waals surface area contributed by atoms with Crippen LogP contribution in [0.3, 0.4) is 0 Å². The lowest BCUT2D eigenvalue weighted by Gasteiger charge is -2.36. The molecule has 2 aliphatic rings. The molecule has 0 aromatic carbocycles. The summed E-state index contributed by atoms with van der Waals surface area (Å²) in [7, 11) is 0. The molecular weight excluding hydrogens is 296 g/mol. The van der Waals surface area contributed by atoms with Crippen molar-refractivity contribution in [2.24, 2.45) is 16.7 Å². The zero-order valence-electron chi connectivity index (χ0n) is 7.90. The van der Waals surface area contributed by atoms with Gasteiger partial charge in [-0.25, -0.2) is 0 Å². The fraction of sp³-hybridized carbons (Fsp3) is 0.800. The zero-order chi connectivity index (χ0) is 9.85. The van der Waals surface area contributed by atoms with E-state index in [2.05, 4.69) is 45.7 Å². The second-order valence-electron chi connectivity index (χ2n) is 4.67. The number of alkyl halides is 1. The lowest BCUT2D eigenvalue weighted by Crippen LogP contribution is -2.34. The van der Waals surface area contributed by atoms with E-state index < -0.39 is 0 Å². The molecule has 0 aromatic rings. The second-order valence-corrected chi connectivity index (χ2v) is 6.09. The summed E-state index contributed by atoms with van der Waals surface area (Å²) in [6.07, 6.45) is 2.31. The van der Waals surface area contributed by atoms with Crippen molar-refractivity contribution in [1.82, 2.24) is 0 Å². The van der Waals surface area contributed by atoms with Gasteiger partial charge < -0.3 is 5.11 Å². The molecule has 0 unspecified atom stereocenters. The largest absolute Gasteiger partial charge is 0.511 e. The minimum atomic E-state index is -0.0139. The van der Waals surface area contributed by atoms with Crippen molar-refractivity contribution in [2.45, 2.75) is 26.7 Å². The molecule has 13 heavy (non-hydrogen) atoms. The standard InChI is InChI=1S/C10H14Br2O/c1-9-4-3-6(7(12)8(9)13)10(9,2)5-11/h6,13H,3-5H2,1-2H3/t6-,9+,10+/m1/s1. The first-order valence-electron chi connectivity index (χ1n) is 4.62. The summed E-state index contributed by atoms with van der Waals surface area (Å²) in [6.45, 7) is 4.45. The van der Waals surface area contributed by atoms with Gasteiger partial charge in [-0.2, -0.15) is 0 Å². The number of hydrogen-bond acceptors (Lipinski definition) is 1. The zero-order valence-corrected chi connectivity index (χ0v) is 11.1. The quantitative estimate of drug-likeness (QED) is 0.726. The van der Waals surface area contributed by atoms with Crippen molar-refractivity contribution in [3.63, 3.8) is 0 Å². The summed E-state index contributed by atoms with van der Waals surface area (Å²) in [5.41, 5.74) is 0.177. The maximum absolute atomic E-state index is 10.0. The van der Waals surface area contributed by atoms with Gasteiger partial charge >= 0.3 is 0 Å². The van der Waals surface area contributed by atoms with E-state index in [1.54, 1.807) is 0 Å². The van der Waals surface area contributed by atoms with Gasteiger partial charge in [-0.1, -0.05) is 45.7 Å². The van der Waals surface area contributed by atoms with Crippen LogP contribution in [0.25, 0.3) is 0 Å². The minimum Gasteiger partial charge on any atom is -0.511 e. The Morgan fingerprint density at radius 2 is 2.15 bits per heavy atom. The lowest BCUT2D eigenvalue weighted by molar-refractivity contribution is 0.129. The number of aliphatic hydroxyl groups is 1. The molecule has 0 amide bonds. The highest BCUT2D eigenvalue weighted by molar-refractivity contribution is 9.11. The van der Waals surface area contributed by atoms with E-state index >= 15 is 0 Å². The first-order chi connectivity index (χ1) is 5.97. The molecule has 74 valence electrons. The van der Waals surface area contributed by atoms with Gasteiger partial charge in [0.05, 0.1) is 0 Å². The molecule has 0 saturated heterocycles. The smallest absolute Gasteiger partial charge is 0.109 e. The van der Waals surface area contributed by atoms with Crippen LogP contribution in [0.1, 0.15) is 26.7 Å². The molecule has 3 atom stereocenters. The molecule has 0 radical (unpaired) electrons. The number of fused-ring (bicyclic) bond motifs is 2. The molecule has 0 aliphatic heterocycles. The Balaban J connectivity index is 2.53. The number of halogens is 2. The van der Waals surface area contributed by atoms with E-state index in [1.165, 1.54) is 6.42 Å². The summed E-state index contributed by atoms with van der Waals surface area (Å²) < 4.78 is 1.04. The first kappa shape index (κ1) is 10.0. The lowest BCUT2D eigenvalue weighted by atomic mass is 9.70. The molecule has 1 saturated carbocycles. The van der Waals surface area contributed by atoms with Crippen LogP contribution in [0.5, 0.6) is 0 Å². The van der Waals surface area contributed by atoms with Gasteiger partial charge in [-0.05, 0) is 18.3 Å². The summed E-state index contributed by atoms with van der Waals surface area (Å²) in [4.78, 5) is 0. The van der Waals surface area contributed by atoms with Crippen LogP contribution in [-0.2, 0) is 0 Å². The van der Waals surface area contributed by atoms with Gasteiger partial charge in [0, 0.05) is 21.1 Å². The third kappa shape index (κ3) is 0.930. The van der Waals surface area contributed by atoms with Gasteiger partial charge in [0.1, 0.15) is 5.76 Å². The highest BCUT2D eigenvalue weighted by atomic mass is 79.9. The van der Waals surface area contributed by atoms with E-state index in [-0.39, 0.29) is 10.8 Å². The molecule has 1 N–H and O–H groups in total. The molecule has 2 bridgehead atoms. The van der Waals surface area contributed by atoms with Crippen LogP contribution in [-0.4, -0.2) is 10.4 Å². The number of rotatable bonds is 1. The predicted molar refractivity (Wildman–Crippen MR) is 61.3 cm³/mol. The minimum absolute atomic E-state index is 0.0139. The van der Waals surface area contributed by atoms with Crippen molar-refractivity contribution in [2.75, 3.05) is 5.33 Å². The first-order valence-corrected chi connectivity index (χ1v) is 6.54. The van der Waals surface area contributed by atoms with Crippen LogP contribution in [0.15, 0.2) is 10.2 Å². The fourth-order valence-corrected chi connectivity index (χ4v) is 5.07. The molecule has 2 rings (SSSR count). The number of allylic oxidation sites excluding steroid dienone is 2. The number of aliphatic hydroxyl groups excluding tert-OH is 1. The highest BCUT2D eigenvalue weighted by Crippen LogP contribution is 2.68. The Hall–Kier alpha value is 0.500. The van der Waals surface area contributed by atoms with Crippen LogP contribution in [0.2, 0.25) is 0 Å². The Bertz CT molecular complexity index is 287. The van der Waals surface area contributed by atoms with Crippen molar-refractivity contribution in [1.29, 1.82) is 0 Å². The van der Waals surface area contributed by atoms with Gasteiger partial charge in [0.15, 0.2) is 0 Å². The Morgan fingerprint density at radius 1 is 1.54 bits per heavy atom. The van der Waals surface area contributed by atoms with Gasteiger partial charge in [-0.15, -0.1) is 0 Å². The van der Waals surface area contributed by atoms with Crippen LogP contribution in [0.4, 0.5) is 0 Å². The maximum atomic E-state index is 10.0. The Labute approximate surface area is 95.9 Å². The van der Waals surface area contributed by atoms with E-state index in [0.717, 1.165) is 16.2 Å². The van der Waals surface area contributed by atoms with E-state index in [0.29, 0.717) is 11.7 Å². The molecule has 1 fully saturated rings. The molecule has 1 nitrogen and oxygen atoms in total. The SMILES string of the molecule is C[C@]12CC[C@H](C(Br)=C1O)[C@]2(C)CBr. The van der Waals surface area contributed by atoms with E-state index in [4.69, 9.17) is 0 Å². The van der Waals surface area contributed by atoms with Gasteiger partial charge in [0.25, 0.3) is 0 Å². The van der Waals surface area contributed by atoms with Gasteiger partial charge in [-0.3, -0.25) is 0 Å². The second kappa shape index (κ2) is 2.75. The van der Waals surface area contributed by atoms with Gasteiger partial charge in [0.2, 0.25) is 0 Å². The van der Waals surface area contributed by atoms with Crippen LogP contribution in [0, 0.1) is 16.7 Å². The van der Waals surface area contributed by atoms with Crippen molar-refractivity contribution < 1.29 is 5.11 Å². The third-order valence-electron chi connectivity index (χ3n) is 4.30. The maximum Gasteiger partial charge on any atom is 0.109 e. The van der Waals surface area contributed by atoms with E-state index in [9.17, 15) is 5.11 Å². The van der Waals surface area contributed by atoms with Crippen molar-refractivity contribution >= 4 is 31.9 Å². The molecule has 0 spiro atoms. The third-order valence-corrected chi connectivity index (χ3v) is 6.39. The molecule has 0 heterocycles. The predicted octanol–water partition coefficient (Wildman–Crippen LogP) is 3.98. The number of hydrogen-bond donors (Lipinski definition) is 1. The highest BCUT2D eigenvalue weighted by Gasteiger charge is 2.62. The molecule has 2 aliphatic carbocycles. The molecular formula is C10H14Br2O. The van der Waals surface area contributed by atoms with Crippen LogP contribution < -0.4 is 0 Å². The van der Waals surface area contributed by atoms with Crippen molar-refractivity contribution in [3.8, 4) is 0 Å². The topological polar surface area (TPSA) is 20.2 Å². The molecule has 0 aromatic heterocycles. The van der Waals surface area contributed by atoms with E-state index in [1.807, 2.05) is 0 Å². The average molecular weight is 310 g/mol. The molecule has 3 heteroatoms. The van der Waals surface area contributed by atoms with Crippen molar-refractivity contribution in [3.05, 3.63) is 10.2 Å². The summed E-state index contributed by atoms with van der Waals surface area (Å²) in [5.74, 6) is 1.10. The summed E-state index contributed by atoms with van der Waals surface area (Å²) >= 11 is 7.11. The summed E-state index contributed by atoms with van der Waals surface area (Å²) in [6, 6.07) is 0. The monoisotopic (exact) mass is 308 g/mol. The average Bonchev–Trinajstić information content (AvgIpc) is 2.44. The van der Waals surface area contributed by atoms with Crippen LogP contribution >= 0.6 is 31.9 Å². The Morgan fingerprint density at radius 3 is 2.46 bits per heavy atom. The Kier molecular flexibility index (Phi) is 2.13.